The second-order valence-electron chi connectivity index (χ2n) is 4.17. The van der Waals surface area contributed by atoms with Crippen LogP contribution in [-0.2, 0) is 6.42 Å². The number of carbonyl (C=O) groups excluding carboxylic acids is 1. The average molecular weight is 266 g/mol. The maximum Gasteiger partial charge on any atom is 0.257 e. The summed E-state index contributed by atoms with van der Waals surface area (Å²) in [6.45, 7) is 0. The highest BCUT2D eigenvalue weighted by Crippen LogP contribution is 2.12. The van der Waals surface area contributed by atoms with E-state index in [1.807, 2.05) is 12.1 Å². The highest BCUT2D eigenvalue weighted by atomic mass is 16.1. The molecule has 1 amide bonds. The van der Waals surface area contributed by atoms with E-state index >= 15 is 0 Å². The number of pyridine rings is 1. The fraction of sp³-hybridized carbons (Fsp3) is 0.133. The minimum atomic E-state index is -0.215. The summed E-state index contributed by atoms with van der Waals surface area (Å²) in [5.74, 6) is 0.496. The van der Waals surface area contributed by atoms with Crippen LogP contribution >= 0.6 is 0 Å². The van der Waals surface area contributed by atoms with Crippen molar-refractivity contribution < 1.29 is 4.79 Å². The van der Waals surface area contributed by atoms with Crippen molar-refractivity contribution in [3.63, 3.8) is 0 Å². The first-order chi connectivity index (χ1) is 9.72. The van der Waals surface area contributed by atoms with Crippen LogP contribution in [0.3, 0.4) is 0 Å². The molecule has 0 unspecified atom stereocenters. The standard InChI is InChI=1S/C15H14N4O/c1-17-14-7-4-12(10-18-14)15(20)19-13-5-2-11(3-6-13)8-9-16/h2-7,10H,8H2,1H3,(H,17,18)(H,19,20). The Kier molecular flexibility index (Phi) is 4.30. The van der Waals surface area contributed by atoms with Gasteiger partial charge in [0.05, 0.1) is 18.1 Å². The number of amides is 1. The monoisotopic (exact) mass is 266 g/mol. The van der Waals surface area contributed by atoms with Crippen molar-refractivity contribution in [2.45, 2.75) is 6.42 Å². The molecule has 2 aromatic rings. The number of nitrogens with one attached hydrogen (secondary N) is 2. The van der Waals surface area contributed by atoms with Crippen LogP contribution in [0.5, 0.6) is 0 Å². The largest absolute Gasteiger partial charge is 0.373 e. The zero-order valence-electron chi connectivity index (χ0n) is 11.1. The lowest BCUT2D eigenvalue weighted by atomic mass is 10.1. The number of rotatable bonds is 4. The molecule has 1 aromatic carbocycles. The lowest BCUT2D eigenvalue weighted by Gasteiger charge is -2.06. The van der Waals surface area contributed by atoms with Crippen LogP contribution in [-0.4, -0.2) is 17.9 Å². The Morgan fingerprint density at radius 3 is 2.55 bits per heavy atom. The van der Waals surface area contributed by atoms with E-state index in [9.17, 15) is 4.79 Å². The molecule has 0 fully saturated rings. The first kappa shape index (κ1) is 13.6. The molecule has 0 saturated carbocycles. The molecule has 5 nitrogen and oxygen atoms in total. The maximum atomic E-state index is 12.0. The fourth-order valence-electron chi connectivity index (χ4n) is 1.68. The van der Waals surface area contributed by atoms with Crippen molar-refractivity contribution in [1.29, 1.82) is 5.26 Å². The molecular weight excluding hydrogens is 252 g/mol. The number of nitrogens with zero attached hydrogens (tertiary/aromatic N) is 2. The molecule has 0 spiro atoms. The van der Waals surface area contributed by atoms with Crippen LogP contribution in [0, 0.1) is 11.3 Å². The molecular formula is C15H14N4O. The summed E-state index contributed by atoms with van der Waals surface area (Å²) in [5.41, 5.74) is 2.10. The van der Waals surface area contributed by atoms with E-state index in [1.165, 1.54) is 6.20 Å². The van der Waals surface area contributed by atoms with Gasteiger partial charge in [0.1, 0.15) is 5.82 Å². The summed E-state index contributed by atoms with van der Waals surface area (Å²) >= 11 is 0. The highest BCUT2D eigenvalue weighted by Gasteiger charge is 2.06. The lowest BCUT2D eigenvalue weighted by Crippen LogP contribution is -2.12. The minimum Gasteiger partial charge on any atom is -0.373 e. The van der Waals surface area contributed by atoms with Crippen molar-refractivity contribution in [2.24, 2.45) is 0 Å². The van der Waals surface area contributed by atoms with Gasteiger partial charge in [-0.2, -0.15) is 5.26 Å². The normalized spacial score (nSPS) is 9.60. The maximum absolute atomic E-state index is 12.0. The predicted octanol–water partition coefficient (Wildman–Crippen LogP) is 2.44. The highest BCUT2D eigenvalue weighted by molar-refractivity contribution is 6.04. The van der Waals surface area contributed by atoms with E-state index in [1.54, 1.807) is 31.3 Å². The first-order valence-electron chi connectivity index (χ1n) is 6.14. The van der Waals surface area contributed by atoms with Gasteiger partial charge in [0.2, 0.25) is 0 Å². The Morgan fingerprint density at radius 1 is 1.25 bits per heavy atom. The van der Waals surface area contributed by atoms with Crippen LogP contribution in [0.2, 0.25) is 0 Å². The van der Waals surface area contributed by atoms with E-state index in [2.05, 4.69) is 21.7 Å². The van der Waals surface area contributed by atoms with E-state index in [0.29, 0.717) is 23.5 Å². The number of benzene rings is 1. The predicted molar refractivity (Wildman–Crippen MR) is 77.5 cm³/mol. The molecule has 0 aliphatic heterocycles. The molecule has 20 heavy (non-hydrogen) atoms. The van der Waals surface area contributed by atoms with Crippen molar-refractivity contribution in [3.8, 4) is 6.07 Å². The number of nitriles is 1. The third-order valence-electron chi connectivity index (χ3n) is 2.78. The van der Waals surface area contributed by atoms with Crippen molar-refractivity contribution in [2.75, 3.05) is 17.7 Å². The van der Waals surface area contributed by atoms with Crippen molar-refractivity contribution >= 4 is 17.4 Å². The summed E-state index contributed by atoms with van der Waals surface area (Å²) < 4.78 is 0. The van der Waals surface area contributed by atoms with Gasteiger partial charge < -0.3 is 10.6 Å². The van der Waals surface area contributed by atoms with E-state index in [-0.39, 0.29) is 5.91 Å². The number of hydrogen-bond donors (Lipinski definition) is 2. The minimum absolute atomic E-state index is 0.215. The van der Waals surface area contributed by atoms with Gasteiger partial charge in [0, 0.05) is 18.9 Å². The number of hydrogen-bond acceptors (Lipinski definition) is 4. The van der Waals surface area contributed by atoms with Crippen LogP contribution in [0.25, 0.3) is 0 Å². The van der Waals surface area contributed by atoms with Gasteiger partial charge in [-0.25, -0.2) is 4.98 Å². The van der Waals surface area contributed by atoms with Gasteiger partial charge in [0.25, 0.3) is 5.91 Å². The molecule has 100 valence electrons. The second kappa shape index (κ2) is 6.34. The Morgan fingerprint density at radius 2 is 2.00 bits per heavy atom. The molecule has 5 heteroatoms. The third kappa shape index (κ3) is 3.33. The molecule has 1 aromatic heterocycles. The third-order valence-corrected chi connectivity index (χ3v) is 2.78. The van der Waals surface area contributed by atoms with Crippen LogP contribution in [0.1, 0.15) is 15.9 Å². The zero-order chi connectivity index (χ0) is 14.4. The van der Waals surface area contributed by atoms with Gasteiger partial charge in [-0.1, -0.05) is 12.1 Å². The summed E-state index contributed by atoms with van der Waals surface area (Å²) in [6, 6.07) is 12.7. The number of carbonyl (C=O) groups is 1. The Balaban J connectivity index is 2.05. The topological polar surface area (TPSA) is 77.8 Å². The number of anilines is 2. The zero-order valence-corrected chi connectivity index (χ0v) is 11.1. The van der Waals surface area contributed by atoms with E-state index < -0.39 is 0 Å². The van der Waals surface area contributed by atoms with Gasteiger partial charge in [0.15, 0.2) is 0 Å². The Hall–Kier alpha value is -2.87. The summed E-state index contributed by atoms with van der Waals surface area (Å²) in [4.78, 5) is 16.1. The smallest absolute Gasteiger partial charge is 0.257 e. The lowest BCUT2D eigenvalue weighted by molar-refractivity contribution is 0.102. The molecule has 0 aliphatic rings. The molecule has 0 atom stereocenters. The fourth-order valence-corrected chi connectivity index (χ4v) is 1.68. The summed E-state index contributed by atoms with van der Waals surface area (Å²) in [6.07, 6.45) is 1.88. The molecule has 0 radical (unpaired) electrons. The molecule has 2 rings (SSSR count). The van der Waals surface area contributed by atoms with Gasteiger partial charge in [-0.15, -0.1) is 0 Å². The van der Waals surface area contributed by atoms with Crippen LogP contribution in [0.4, 0.5) is 11.5 Å². The molecule has 0 saturated heterocycles. The Bertz CT molecular complexity index is 626. The van der Waals surface area contributed by atoms with Crippen LogP contribution < -0.4 is 10.6 Å². The van der Waals surface area contributed by atoms with E-state index in [0.717, 1.165) is 5.56 Å². The first-order valence-corrected chi connectivity index (χ1v) is 6.14. The quantitative estimate of drug-likeness (QED) is 0.891. The summed E-state index contributed by atoms with van der Waals surface area (Å²) in [5, 5.41) is 14.3. The Labute approximate surface area is 117 Å². The SMILES string of the molecule is CNc1ccc(C(=O)Nc2ccc(CC#N)cc2)cn1. The molecule has 1 heterocycles. The molecule has 0 bridgehead atoms. The average Bonchev–Trinajstić information content (AvgIpc) is 2.49. The van der Waals surface area contributed by atoms with Crippen molar-refractivity contribution in [3.05, 3.63) is 53.7 Å². The second-order valence-corrected chi connectivity index (χ2v) is 4.17. The van der Waals surface area contributed by atoms with E-state index in [4.69, 9.17) is 5.26 Å². The van der Waals surface area contributed by atoms with Gasteiger partial charge in [-0.3, -0.25) is 4.79 Å². The summed E-state index contributed by atoms with van der Waals surface area (Å²) in [7, 11) is 1.77. The molecule has 2 N–H and O–H groups in total. The van der Waals surface area contributed by atoms with Crippen LogP contribution in [0.15, 0.2) is 42.6 Å². The van der Waals surface area contributed by atoms with Gasteiger partial charge >= 0.3 is 0 Å². The molecule has 0 aliphatic carbocycles. The van der Waals surface area contributed by atoms with Crippen molar-refractivity contribution in [1.82, 2.24) is 4.98 Å². The number of aromatic nitrogens is 1. The van der Waals surface area contributed by atoms with Gasteiger partial charge in [-0.05, 0) is 29.8 Å².